The molecule has 0 radical (unpaired) electrons. The van der Waals surface area contributed by atoms with Crippen molar-refractivity contribution in [3.63, 3.8) is 0 Å². The van der Waals surface area contributed by atoms with Crippen molar-refractivity contribution in [1.82, 2.24) is 4.57 Å². The van der Waals surface area contributed by atoms with E-state index in [-0.39, 0.29) is 0 Å². The highest BCUT2D eigenvalue weighted by Crippen LogP contribution is 2.42. The van der Waals surface area contributed by atoms with Crippen LogP contribution in [0.2, 0.25) is 0 Å². The lowest BCUT2D eigenvalue weighted by Gasteiger charge is -2.10. The van der Waals surface area contributed by atoms with E-state index in [1.54, 1.807) is 19.2 Å². The molecule has 4 heteroatoms. The number of hydrogen-bond donors (Lipinski definition) is 0. The SMILES string of the molecule is COc1cc(C=O)cc2oc(-c3cc4ccc(C)cc4n3CC3CC3)c(C)c12. The van der Waals surface area contributed by atoms with Crippen molar-refractivity contribution in [2.24, 2.45) is 5.92 Å². The minimum absolute atomic E-state index is 0.554. The Morgan fingerprint density at radius 3 is 2.71 bits per heavy atom. The molecule has 1 aliphatic carbocycles. The minimum Gasteiger partial charge on any atom is -0.496 e. The van der Waals surface area contributed by atoms with Crippen molar-refractivity contribution < 1.29 is 13.9 Å². The van der Waals surface area contributed by atoms with Crippen LogP contribution >= 0.6 is 0 Å². The van der Waals surface area contributed by atoms with Crippen LogP contribution in [0.25, 0.3) is 33.3 Å². The van der Waals surface area contributed by atoms with Crippen molar-refractivity contribution >= 4 is 28.2 Å². The molecule has 2 aromatic carbocycles. The van der Waals surface area contributed by atoms with Gasteiger partial charge in [-0.25, -0.2) is 0 Å². The predicted molar refractivity (Wildman–Crippen MR) is 111 cm³/mol. The smallest absolute Gasteiger partial charge is 0.154 e. The van der Waals surface area contributed by atoms with Crippen LogP contribution in [-0.2, 0) is 6.54 Å². The van der Waals surface area contributed by atoms with Gasteiger partial charge in [0.1, 0.15) is 17.6 Å². The third-order valence-corrected chi connectivity index (χ3v) is 5.80. The van der Waals surface area contributed by atoms with Crippen molar-refractivity contribution in [1.29, 1.82) is 0 Å². The predicted octanol–water partition coefficient (Wildman–Crippen LogP) is 5.90. The topological polar surface area (TPSA) is 44.4 Å². The first kappa shape index (κ1) is 17.1. The monoisotopic (exact) mass is 373 g/mol. The van der Waals surface area contributed by atoms with E-state index in [1.807, 2.05) is 0 Å². The highest BCUT2D eigenvalue weighted by atomic mass is 16.5. The number of aldehydes is 1. The number of benzene rings is 2. The number of fused-ring (bicyclic) bond motifs is 2. The van der Waals surface area contributed by atoms with Gasteiger partial charge >= 0.3 is 0 Å². The Labute approximate surface area is 163 Å². The third kappa shape index (κ3) is 2.63. The van der Waals surface area contributed by atoms with E-state index in [0.717, 1.165) is 41.2 Å². The molecular weight excluding hydrogens is 350 g/mol. The lowest BCUT2D eigenvalue weighted by molar-refractivity contribution is 0.112. The molecule has 0 amide bonds. The summed E-state index contributed by atoms with van der Waals surface area (Å²) in [6.07, 6.45) is 3.41. The Bertz CT molecular complexity index is 1220. The van der Waals surface area contributed by atoms with Crippen molar-refractivity contribution in [3.05, 3.63) is 53.1 Å². The van der Waals surface area contributed by atoms with Crippen LogP contribution in [-0.4, -0.2) is 18.0 Å². The molecule has 4 nitrogen and oxygen atoms in total. The van der Waals surface area contributed by atoms with Crippen molar-refractivity contribution in [2.45, 2.75) is 33.2 Å². The summed E-state index contributed by atoms with van der Waals surface area (Å²) in [5.74, 6) is 2.27. The normalized spacial score (nSPS) is 14.1. The van der Waals surface area contributed by atoms with E-state index in [4.69, 9.17) is 9.15 Å². The Morgan fingerprint density at radius 1 is 1.18 bits per heavy atom. The number of furan rings is 1. The Kier molecular flexibility index (Phi) is 3.83. The van der Waals surface area contributed by atoms with Gasteiger partial charge in [0.25, 0.3) is 0 Å². The molecule has 0 bridgehead atoms. The molecule has 0 saturated heterocycles. The number of methoxy groups -OCH3 is 1. The largest absolute Gasteiger partial charge is 0.496 e. The molecule has 0 spiro atoms. The zero-order chi connectivity index (χ0) is 19.4. The van der Waals surface area contributed by atoms with Gasteiger partial charge in [-0.1, -0.05) is 12.1 Å². The van der Waals surface area contributed by atoms with Gasteiger partial charge in [-0.3, -0.25) is 4.79 Å². The van der Waals surface area contributed by atoms with Gasteiger partial charge in [0.05, 0.1) is 18.2 Å². The van der Waals surface area contributed by atoms with Gasteiger partial charge in [0.15, 0.2) is 5.76 Å². The number of nitrogens with zero attached hydrogens (tertiary/aromatic N) is 1. The maximum atomic E-state index is 11.3. The molecule has 142 valence electrons. The molecule has 1 aliphatic rings. The maximum Gasteiger partial charge on any atom is 0.154 e. The lowest BCUT2D eigenvalue weighted by atomic mass is 10.1. The molecule has 1 saturated carbocycles. The first-order chi connectivity index (χ1) is 13.6. The molecule has 2 heterocycles. The van der Waals surface area contributed by atoms with E-state index >= 15 is 0 Å². The Morgan fingerprint density at radius 2 is 2.00 bits per heavy atom. The highest BCUT2D eigenvalue weighted by Gasteiger charge is 2.26. The molecule has 2 aromatic heterocycles. The standard InChI is InChI=1S/C24H23NO3/c1-14-4-7-18-11-20(25(19(18)8-14)12-16-5-6-16)24-15(2)23-21(27-3)9-17(13-26)10-22(23)28-24/h4,7-11,13,16H,5-6,12H2,1-3H3. The fraction of sp³-hybridized carbons (Fsp3) is 0.292. The average molecular weight is 373 g/mol. The summed E-state index contributed by atoms with van der Waals surface area (Å²) in [5, 5.41) is 2.16. The molecule has 0 unspecified atom stereocenters. The number of carbonyl (C=O) groups excluding carboxylic acids is 1. The third-order valence-electron chi connectivity index (χ3n) is 5.80. The summed E-state index contributed by atoms with van der Waals surface area (Å²) in [5.41, 5.74) is 5.89. The summed E-state index contributed by atoms with van der Waals surface area (Å²) in [6, 6.07) is 12.4. The first-order valence-corrected chi connectivity index (χ1v) is 9.75. The summed E-state index contributed by atoms with van der Waals surface area (Å²) in [7, 11) is 1.63. The molecular formula is C24H23NO3. The fourth-order valence-corrected chi connectivity index (χ4v) is 4.14. The van der Waals surface area contributed by atoms with E-state index < -0.39 is 0 Å². The molecule has 1 fully saturated rings. The van der Waals surface area contributed by atoms with Crippen LogP contribution in [0.5, 0.6) is 5.75 Å². The van der Waals surface area contributed by atoms with E-state index in [2.05, 4.69) is 42.7 Å². The maximum absolute atomic E-state index is 11.3. The Hall–Kier alpha value is -3.01. The molecule has 0 atom stereocenters. The number of rotatable bonds is 5. The summed E-state index contributed by atoms with van der Waals surface area (Å²) in [6.45, 7) is 5.20. The first-order valence-electron chi connectivity index (χ1n) is 9.75. The van der Waals surface area contributed by atoms with E-state index in [9.17, 15) is 4.79 Å². The van der Waals surface area contributed by atoms with Gasteiger partial charge in [-0.2, -0.15) is 0 Å². The van der Waals surface area contributed by atoms with Crippen LogP contribution in [0.15, 0.2) is 40.8 Å². The number of carbonyl (C=O) groups is 1. The van der Waals surface area contributed by atoms with Gasteiger partial charge in [0, 0.05) is 28.6 Å². The van der Waals surface area contributed by atoms with Crippen molar-refractivity contribution in [2.75, 3.05) is 7.11 Å². The molecule has 0 N–H and O–H groups in total. The van der Waals surface area contributed by atoms with E-state index in [0.29, 0.717) is 16.9 Å². The molecule has 0 aliphatic heterocycles. The lowest BCUT2D eigenvalue weighted by Crippen LogP contribution is -2.02. The number of aromatic nitrogens is 1. The van der Waals surface area contributed by atoms with Gasteiger partial charge in [-0.05, 0) is 62.4 Å². The summed E-state index contributed by atoms with van der Waals surface area (Å²) in [4.78, 5) is 11.3. The van der Waals surface area contributed by atoms with Crippen LogP contribution in [0, 0.1) is 19.8 Å². The van der Waals surface area contributed by atoms with Gasteiger partial charge in [0.2, 0.25) is 0 Å². The molecule has 4 aromatic rings. The van der Waals surface area contributed by atoms with Crippen LogP contribution < -0.4 is 4.74 Å². The number of aryl methyl sites for hydroxylation is 2. The number of hydrogen-bond acceptors (Lipinski definition) is 3. The number of ether oxygens (including phenoxy) is 1. The van der Waals surface area contributed by atoms with E-state index in [1.165, 1.54) is 29.3 Å². The fourth-order valence-electron chi connectivity index (χ4n) is 4.14. The highest BCUT2D eigenvalue weighted by molar-refractivity contribution is 5.97. The second-order valence-corrected chi connectivity index (χ2v) is 7.92. The van der Waals surface area contributed by atoms with Crippen molar-refractivity contribution in [3.8, 4) is 17.2 Å². The Balaban J connectivity index is 1.79. The molecule has 5 rings (SSSR count). The van der Waals surface area contributed by atoms with Gasteiger partial charge in [-0.15, -0.1) is 0 Å². The second-order valence-electron chi connectivity index (χ2n) is 7.92. The zero-order valence-corrected chi connectivity index (χ0v) is 16.4. The van der Waals surface area contributed by atoms with Crippen LogP contribution in [0.1, 0.15) is 34.3 Å². The van der Waals surface area contributed by atoms with Crippen LogP contribution in [0.4, 0.5) is 0 Å². The second kappa shape index (κ2) is 6.26. The summed E-state index contributed by atoms with van der Waals surface area (Å²) >= 11 is 0. The average Bonchev–Trinajstić information content (AvgIpc) is 3.37. The zero-order valence-electron chi connectivity index (χ0n) is 16.4. The van der Waals surface area contributed by atoms with Crippen LogP contribution in [0.3, 0.4) is 0 Å². The molecule has 28 heavy (non-hydrogen) atoms. The van der Waals surface area contributed by atoms with Gasteiger partial charge < -0.3 is 13.7 Å². The minimum atomic E-state index is 0.554. The quantitative estimate of drug-likeness (QED) is 0.409. The summed E-state index contributed by atoms with van der Waals surface area (Å²) < 4.78 is 14.3.